The van der Waals surface area contributed by atoms with Crippen LogP contribution in [0, 0.1) is 12.3 Å². The van der Waals surface area contributed by atoms with E-state index in [1.807, 2.05) is 0 Å². The smallest absolute Gasteiger partial charge is 0.306 e. The number of carbonyl (C=O) groups is 2. The van der Waals surface area contributed by atoms with E-state index in [2.05, 4.69) is 11.2 Å². The summed E-state index contributed by atoms with van der Waals surface area (Å²) >= 11 is 0. The molecule has 0 saturated carbocycles. The zero-order valence-electron chi connectivity index (χ0n) is 10.1. The van der Waals surface area contributed by atoms with Crippen LogP contribution in [-0.4, -0.2) is 24.0 Å². The molecule has 1 N–H and O–H groups in total. The first-order valence-corrected chi connectivity index (χ1v) is 5.27. The van der Waals surface area contributed by atoms with Crippen molar-refractivity contribution in [1.29, 1.82) is 0 Å². The van der Waals surface area contributed by atoms with Crippen molar-refractivity contribution in [3.05, 3.63) is 0 Å². The Bertz CT molecular complexity index is 284. The van der Waals surface area contributed by atoms with Crippen LogP contribution in [0.25, 0.3) is 0 Å². The number of esters is 1. The van der Waals surface area contributed by atoms with Gasteiger partial charge in [0.25, 0.3) is 0 Å². The number of hydrogen-bond acceptors (Lipinski definition) is 3. The number of amides is 1. The van der Waals surface area contributed by atoms with Gasteiger partial charge in [-0.25, -0.2) is 0 Å². The van der Waals surface area contributed by atoms with E-state index in [9.17, 15) is 9.59 Å². The van der Waals surface area contributed by atoms with Gasteiger partial charge in [-0.3, -0.25) is 9.59 Å². The van der Waals surface area contributed by atoms with Crippen LogP contribution in [0.15, 0.2) is 0 Å². The van der Waals surface area contributed by atoms with E-state index in [0.717, 1.165) is 0 Å². The number of nitrogens with one attached hydrogen (secondary N) is 1. The number of terminal acetylenes is 1. The molecule has 0 spiro atoms. The van der Waals surface area contributed by atoms with E-state index >= 15 is 0 Å². The van der Waals surface area contributed by atoms with Crippen molar-refractivity contribution in [3.8, 4) is 12.3 Å². The highest BCUT2D eigenvalue weighted by atomic mass is 16.6. The largest absolute Gasteiger partial charge is 0.460 e. The zero-order chi connectivity index (χ0) is 12.6. The maximum atomic E-state index is 11.3. The van der Waals surface area contributed by atoms with E-state index < -0.39 is 5.60 Å². The second kappa shape index (κ2) is 6.89. The molecule has 0 heterocycles. The highest BCUT2D eigenvalue weighted by molar-refractivity contribution is 5.81. The van der Waals surface area contributed by atoms with E-state index in [1.165, 1.54) is 0 Å². The van der Waals surface area contributed by atoms with Gasteiger partial charge in [0.05, 0.1) is 6.42 Å². The number of rotatable bonds is 5. The summed E-state index contributed by atoms with van der Waals surface area (Å²) in [6.07, 6.45) is 5.76. The minimum atomic E-state index is -0.503. The van der Waals surface area contributed by atoms with Gasteiger partial charge in [0, 0.05) is 19.4 Å². The average molecular weight is 225 g/mol. The lowest BCUT2D eigenvalue weighted by atomic mass is 10.2. The fourth-order valence-electron chi connectivity index (χ4n) is 0.971. The van der Waals surface area contributed by atoms with Gasteiger partial charge in [0.1, 0.15) is 5.60 Å². The molecule has 0 aromatic carbocycles. The van der Waals surface area contributed by atoms with Gasteiger partial charge in [-0.05, 0) is 20.8 Å². The van der Waals surface area contributed by atoms with E-state index in [0.29, 0.717) is 13.0 Å². The van der Waals surface area contributed by atoms with E-state index in [-0.39, 0.29) is 24.7 Å². The molecule has 0 aliphatic heterocycles. The number of hydrogen-bond donors (Lipinski definition) is 1. The molecule has 16 heavy (non-hydrogen) atoms. The third-order valence-electron chi connectivity index (χ3n) is 1.57. The van der Waals surface area contributed by atoms with Gasteiger partial charge in [-0.15, -0.1) is 12.3 Å². The lowest BCUT2D eigenvalue weighted by Gasteiger charge is -2.19. The van der Waals surface area contributed by atoms with Crippen molar-refractivity contribution in [3.63, 3.8) is 0 Å². The Morgan fingerprint density at radius 3 is 2.44 bits per heavy atom. The van der Waals surface area contributed by atoms with Crippen molar-refractivity contribution < 1.29 is 14.3 Å². The van der Waals surface area contributed by atoms with Crippen LogP contribution < -0.4 is 5.32 Å². The molecule has 0 aliphatic rings. The van der Waals surface area contributed by atoms with Crippen molar-refractivity contribution in [1.82, 2.24) is 5.32 Å². The fourth-order valence-corrected chi connectivity index (χ4v) is 0.971. The first kappa shape index (κ1) is 14.5. The van der Waals surface area contributed by atoms with Crippen LogP contribution in [-0.2, 0) is 14.3 Å². The molecule has 90 valence electrons. The van der Waals surface area contributed by atoms with Crippen molar-refractivity contribution >= 4 is 11.9 Å². The molecular weight excluding hydrogens is 206 g/mol. The summed E-state index contributed by atoms with van der Waals surface area (Å²) in [7, 11) is 0. The predicted octanol–water partition coefficient (Wildman–Crippen LogP) is 1.25. The Balaban J connectivity index is 3.68. The summed E-state index contributed by atoms with van der Waals surface area (Å²) in [5.41, 5.74) is -0.503. The summed E-state index contributed by atoms with van der Waals surface area (Å²) < 4.78 is 5.06. The maximum absolute atomic E-state index is 11.3. The molecule has 1 amide bonds. The molecule has 0 aliphatic carbocycles. The molecular formula is C12H19NO3. The number of carbonyl (C=O) groups excluding carboxylic acids is 2. The molecule has 0 radical (unpaired) electrons. The fraction of sp³-hybridized carbons (Fsp3) is 0.667. The topological polar surface area (TPSA) is 55.4 Å². The minimum Gasteiger partial charge on any atom is -0.460 e. The molecule has 0 fully saturated rings. The first-order valence-electron chi connectivity index (χ1n) is 5.27. The Morgan fingerprint density at radius 1 is 1.31 bits per heavy atom. The molecule has 0 aromatic rings. The Morgan fingerprint density at radius 2 is 1.94 bits per heavy atom. The van der Waals surface area contributed by atoms with Gasteiger partial charge in [-0.1, -0.05) is 0 Å². The molecule has 4 nitrogen and oxygen atoms in total. The summed E-state index contributed by atoms with van der Waals surface area (Å²) in [4.78, 5) is 22.5. The lowest BCUT2D eigenvalue weighted by molar-refractivity contribution is -0.155. The Labute approximate surface area is 96.7 Å². The molecule has 0 bridgehead atoms. The standard InChI is InChI=1S/C12H19NO3/c1-5-6-9-13-10(14)7-8-11(15)16-12(2,3)4/h1H,6-9H2,2-4H3,(H,13,14). The van der Waals surface area contributed by atoms with Gasteiger partial charge >= 0.3 is 5.97 Å². The Kier molecular flexibility index (Phi) is 6.24. The molecule has 0 atom stereocenters. The lowest BCUT2D eigenvalue weighted by Crippen LogP contribution is -2.27. The molecule has 0 saturated heterocycles. The maximum Gasteiger partial charge on any atom is 0.306 e. The molecule has 0 aromatic heterocycles. The van der Waals surface area contributed by atoms with Crippen molar-refractivity contribution in [2.24, 2.45) is 0 Å². The third kappa shape index (κ3) is 9.07. The summed E-state index contributed by atoms with van der Waals surface area (Å²) in [5, 5.41) is 2.61. The summed E-state index contributed by atoms with van der Waals surface area (Å²) in [5.74, 6) is 1.87. The van der Waals surface area contributed by atoms with Crippen LogP contribution in [0.2, 0.25) is 0 Å². The second-order valence-electron chi connectivity index (χ2n) is 4.39. The first-order chi connectivity index (χ1) is 7.35. The minimum absolute atomic E-state index is 0.0964. The average Bonchev–Trinajstić information content (AvgIpc) is 2.12. The summed E-state index contributed by atoms with van der Waals surface area (Å²) in [6.45, 7) is 5.82. The van der Waals surface area contributed by atoms with Crippen LogP contribution >= 0.6 is 0 Å². The van der Waals surface area contributed by atoms with Crippen LogP contribution in [0.1, 0.15) is 40.0 Å². The van der Waals surface area contributed by atoms with Crippen LogP contribution in [0.3, 0.4) is 0 Å². The monoisotopic (exact) mass is 225 g/mol. The summed E-state index contributed by atoms with van der Waals surface area (Å²) in [6, 6.07) is 0. The third-order valence-corrected chi connectivity index (χ3v) is 1.57. The van der Waals surface area contributed by atoms with Gasteiger partial charge < -0.3 is 10.1 Å². The zero-order valence-corrected chi connectivity index (χ0v) is 10.1. The van der Waals surface area contributed by atoms with Crippen molar-refractivity contribution in [2.45, 2.75) is 45.6 Å². The second-order valence-corrected chi connectivity index (χ2v) is 4.39. The van der Waals surface area contributed by atoms with Crippen LogP contribution in [0.5, 0.6) is 0 Å². The molecule has 0 rings (SSSR count). The Hall–Kier alpha value is -1.50. The van der Waals surface area contributed by atoms with E-state index in [1.54, 1.807) is 20.8 Å². The van der Waals surface area contributed by atoms with Gasteiger partial charge in [0.2, 0.25) is 5.91 Å². The van der Waals surface area contributed by atoms with Gasteiger partial charge in [-0.2, -0.15) is 0 Å². The number of ether oxygens (including phenoxy) is 1. The highest BCUT2D eigenvalue weighted by Gasteiger charge is 2.16. The molecule has 4 heteroatoms. The van der Waals surface area contributed by atoms with Crippen LogP contribution in [0.4, 0.5) is 0 Å². The quantitative estimate of drug-likeness (QED) is 0.435. The highest BCUT2D eigenvalue weighted by Crippen LogP contribution is 2.08. The SMILES string of the molecule is C#CCCNC(=O)CCC(=O)OC(C)(C)C. The normalized spacial score (nSPS) is 10.4. The molecule has 0 unspecified atom stereocenters. The predicted molar refractivity (Wildman–Crippen MR) is 61.5 cm³/mol. The van der Waals surface area contributed by atoms with Crippen molar-refractivity contribution in [2.75, 3.05) is 6.54 Å². The van der Waals surface area contributed by atoms with Gasteiger partial charge in [0.15, 0.2) is 0 Å². The van der Waals surface area contributed by atoms with E-state index in [4.69, 9.17) is 11.2 Å².